The number of halogens is 3. The fourth-order valence-electron chi connectivity index (χ4n) is 2.02. The third-order valence-corrected chi connectivity index (χ3v) is 3.27. The van der Waals surface area contributed by atoms with Crippen LogP contribution in [0.15, 0.2) is 6.07 Å². The molecule has 0 amide bonds. The van der Waals surface area contributed by atoms with Gasteiger partial charge < -0.3 is 15.4 Å². The Balaban J connectivity index is 2.26. The number of alkyl halides is 3. The van der Waals surface area contributed by atoms with Crippen molar-refractivity contribution in [1.82, 2.24) is 9.97 Å². The molecule has 0 spiro atoms. The van der Waals surface area contributed by atoms with Gasteiger partial charge in [-0.3, -0.25) is 0 Å². The SMILES string of the molecule is CNc1nc(NC2(C)CCOCC2)cc(C(F)(F)F)n1. The number of hydrogen-bond acceptors (Lipinski definition) is 5. The highest BCUT2D eigenvalue weighted by Crippen LogP contribution is 2.31. The first-order valence-corrected chi connectivity index (χ1v) is 6.32. The number of ether oxygens (including phenoxy) is 1. The van der Waals surface area contributed by atoms with Crippen LogP contribution in [-0.4, -0.2) is 35.8 Å². The van der Waals surface area contributed by atoms with Gasteiger partial charge in [0.2, 0.25) is 5.95 Å². The van der Waals surface area contributed by atoms with E-state index in [1.165, 1.54) is 7.05 Å². The highest BCUT2D eigenvalue weighted by molar-refractivity contribution is 5.44. The fourth-order valence-corrected chi connectivity index (χ4v) is 2.02. The predicted octanol–water partition coefficient (Wildman–Crippen LogP) is 2.52. The summed E-state index contributed by atoms with van der Waals surface area (Å²) in [5.41, 5.74) is -1.28. The van der Waals surface area contributed by atoms with E-state index in [0.717, 1.165) is 6.07 Å². The Labute approximate surface area is 114 Å². The second-order valence-corrected chi connectivity index (χ2v) is 5.01. The quantitative estimate of drug-likeness (QED) is 0.895. The van der Waals surface area contributed by atoms with Crippen molar-refractivity contribution < 1.29 is 17.9 Å². The number of aromatic nitrogens is 2. The minimum atomic E-state index is -4.50. The van der Waals surface area contributed by atoms with Crippen LogP contribution in [0.2, 0.25) is 0 Å². The minimum absolute atomic E-state index is 0.0574. The van der Waals surface area contributed by atoms with Crippen LogP contribution in [0.5, 0.6) is 0 Å². The topological polar surface area (TPSA) is 59.1 Å². The van der Waals surface area contributed by atoms with Crippen molar-refractivity contribution in [3.8, 4) is 0 Å². The first kappa shape index (κ1) is 14.8. The van der Waals surface area contributed by atoms with Gasteiger partial charge in [-0.2, -0.15) is 18.2 Å². The summed E-state index contributed by atoms with van der Waals surface area (Å²) in [5, 5.41) is 5.62. The molecule has 0 aromatic carbocycles. The van der Waals surface area contributed by atoms with Gasteiger partial charge in [0.1, 0.15) is 5.82 Å². The Hall–Kier alpha value is -1.57. The van der Waals surface area contributed by atoms with Crippen molar-refractivity contribution in [2.24, 2.45) is 0 Å². The van der Waals surface area contributed by atoms with E-state index < -0.39 is 11.9 Å². The Morgan fingerprint density at radius 2 is 1.90 bits per heavy atom. The second kappa shape index (κ2) is 5.43. The Kier molecular flexibility index (Phi) is 4.03. The molecule has 0 radical (unpaired) electrons. The molecule has 1 aliphatic rings. The van der Waals surface area contributed by atoms with Crippen molar-refractivity contribution in [2.75, 3.05) is 30.9 Å². The van der Waals surface area contributed by atoms with Gasteiger partial charge >= 0.3 is 6.18 Å². The zero-order valence-electron chi connectivity index (χ0n) is 11.3. The van der Waals surface area contributed by atoms with Crippen LogP contribution in [-0.2, 0) is 10.9 Å². The molecule has 2 heterocycles. The summed E-state index contributed by atoms with van der Waals surface area (Å²) < 4.78 is 43.6. The van der Waals surface area contributed by atoms with Gasteiger partial charge in [-0.1, -0.05) is 0 Å². The molecule has 0 atom stereocenters. The van der Waals surface area contributed by atoms with Crippen LogP contribution < -0.4 is 10.6 Å². The predicted molar refractivity (Wildman–Crippen MR) is 68.7 cm³/mol. The van der Waals surface area contributed by atoms with Gasteiger partial charge in [0.05, 0.1) is 0 Å². The van der Waals surface area contributed by atoms with Gasteiger partial charge in [0.15, 0.2) is 5.69 Å². The maximum atomic E-state index is 12.8. The largest absolute Gasteiger partial charge is 0.433 e. The maximum Gasteiger partial charge on any atom is 0.433 e. The molecular formula is C12H17F3N4O. The van der Waals surface area contributed by atoms with Crippen molar-refractivity contribution in [3.05, 3.63) is 11.8 Å². The van der Waals surface area contributed by atoms with Crippen molar-refractivity contribution in [1.29, 1.82) is 0 Å². The summed E-state index contributed by atoms with van der Waals surface area (Å²) in [7, 11) is 1.48. The third kappa shape index (κ3) is 3.50. The van der Waals surface area contributed by atoms with Gasteiger partial charge in [-0.15, -0.1) is 0 Å². The first-order chi connectivity index (χ1) is 9.32. The molecule has 20 heavy (non-hydrogen) atoms. The maximum absolute atomic E-state index is 12.8. The van der Waals surface area contributed by atoms with Crippen LogP contribution in [0.3, 0.4) is 0 Å². The third-order valence-electron chi connectivity index (χ3n) is 3.27. The van der Waals surface area contributed by atoms with Crippen LogP contribution in [0.25, 0.3) is 0 Å². The van der Waals surface area contributed by atoms with E-state index >= 15 is 0 Å². The molecule has 1 aromatic heterocycles. The minimum Gasteiger partial charge on any atom is -0.381 e. The molecule has 1 saturated heterocycles. The van der Waals surface area contributed by atoms with E-state index in [1.807, 2.05) is 6.92 Å². The van der Waals surface area contributed by atoms with Gasteiger partial charge in [0.25, 0.3) is 0 Å². The van der Waals surface area contributed by atoms with Crippen molar-refractivity contribution >= 4 is 11.8 Å². The van der Waals surface area contributed by atoms with E-state index in [0.29, 0.717) is 26.1 Å². The van der Waals surface area contributed by atoms with Crippen LogP contribution in [0.4, 0.5) is 24.9 Å². The highest BCUT2D eigenvalue weighted by atomic mass is 19.4. The molecule has 112 valence electrons. The number of anilines is 2. The Morgan fingerprint density at radius 1 is 1.25 bits per heavy atom. The van der Waals surface area contributed by atoms with E-state index in [-0.39, 0.29) is 17.3 Å². The van der Waals surface area contributed by atoms with Gasteiger partial charge in [-0.05, 0) is 19.8 Å². The van der Waals surface area contributed by atoms with Crippen molar-refractivity contribution in [3.63, 3.8) is 0 Å². The van der Waals surface area contributed by atoms with Crippen LogP contribution in [0.1, 0.15) is 25.5 Å². The van der Waals surface area contributed by atoms with E-state index in [9.17, 15) is 13.2 Å². The summed E-state index contributed by atoms with van der Waals surface area (Å²) in [6, 6.07) is 0.932. The monoisotopic (exact) mass is 290 g/mol. The zero-order chi connectivity index (χ0) is 14.8. The lowest BCUT2D eigenvalue weighted by Crippen LogP contribution is -2.41. The standard InChI is InChI=1S/C12H17F3N4O/c1-11(3-5-20-6-4-11)19-9-7-8(12(13,14)15)17-10(16-2)18-9/h7H,3-6H2,1-2H3,(H2,16,17,18,19). The lowest BCUT2D eigenvalue weighted by atomic mass is 9.92. The summed E-state index contributed by atoms with van der Waals surface area (Å²) >= 11 is 0. The lowest BCUT2D eigenvalue weighted by Gasteiger charge is -2.35. The van der Waals surface area contributed by atoms with Gasteiger partial charge in [0, 0.05) is 31.9 Å². The molecule has 1 aromatic rings. The average molecular weight is 290 g/mol. The normalized spacial score (nSPS) is 18.6. The fraction of sp³-hybridized carbons (Fsp3) is 0.667. The summed E-state index contributed by atoms with van der Waals surface area (Å²) in [6.07, 6.45) is -3.07. The summed E-state index contributed by atoms with van der Waals surface area (Å²) in [5.74, 6) is 0.110. The molecule has 8 heteroatoms. The van der Waals surface area contributed by atoms with E-state index in [2.05, 4.69) is 20.6 Å². The lowest BCUT2D eigenvalue weighted by molar-refractivity contribution is -0.141. The second-order valence-electron chi connectivity index (χ2n) is 5.01. The Morgan fingerprint density at radius 3 is 2.45 bits per heavy atom. The number of hydrogen-bond donors (Lipinski definition) is 2. The smallest absolute Gasteiger partial charge is 0.381 e. The molecule has 2 rings (SSSR count). The van der Waals surface area contributed by atoms with Crippen LogP contribution in [0, 0.1) is 0 Å². The molecule has 1 fully saturated rings. The highest BCUT2D eigenvalue weighted by Gasteiger charge is 2.35. The van der Waals surface area contributed by atoms with Crippen LogP contribution >= 0.6 is 0 Å². The van der Waals surface area contributed by atoms with Crippen molar-refractivity contribution in [2.45, 2.75) is 31.5 Å². The average Bonchev–Trinajstić information content (AvgIpc) is 2.37. The molecular weight excluding hydrogens is 273 g/mol. The Bertz CT molecular complexity index is 472. The molecule has 0 aliphatic carbocycles. The molecule has 0 saturated carbocycles. The zero-order valence-corrected chi connectivity index (χ0v) is 11.3. The number of rotatable bonds is 3. The molecule has 2 N–H and O–H groups in total. The molecule has 1 aliphatic heterocycles. The first-order valence-electron chi connectivity index (χ1n) is 6.32. The van der Waals surface area contributed by atoms with Gasteiger partial charge in [-0.25, -0.2) is 4.98 Å². The molecule has 5 nitrogen and oxygen atoms in total. The van der Waals surface area contributed by atoms with E-state index in [4.69, 9.17) is 4.74 Å². The summed E-state index contributed by atoms with van der Waals surface area (Å²) in [6.45, 7) is 3.11. The molecule has 0 bridgehead atoms. The summed E-state index contributed by atoms with van der Waals surface area (Å²) in [4.78, 5) is 7.46. The number of nitrogens with one attached hydrogen (secondary N) is 2. The van der Waals surface area contributed by atoms with E-state index in [1.54, 1.807) is 0 Å². The molecule has 0 unspecified atom stereocenters. The number of nitrogens with zero attached hydrogens (tertiary/aromatic N) is 2.